The number of nitro benzene ring substituents is 1. The Morgan fingerprint density at radius 2 is 2.07 bits per heavy atom. The van der Waals surface area contributed by atoms with Crippen LogP contribution >= 0.6 is 0 Å². The average Bonchev–Trinajstić information content (AvgIpc) is 3.44. The number of fused-ring (bicyclic) bond motifs is 1. The van der Waals surface area contributed by atoms with Gasteiger partial charge in [-0.3, -0.25) is 10.1 Å². The van der Waals surface area contributed by atoms with Gasteiger partial charge < -0.3 is 4.57 Å². The molecule has 1 N–H and O–H groups in total. The topological polar surface area (TPSA) is 107 Å². The van der Waals surface area contributed by atoms with Crippen LogP contribution in [0.2, 0.25) is 0 Å². The molecule has 1 aliphatic rings. The summed E-state index contributed by atoms with van der Waals surface area (Å²) in [5, 5.41) is 11.1. The monoisotopic (exact) mass is 404 g/mol. The van der Waals surface area contributed by atoms with E-state index in [1.165, 1.54) is 0 Å². The molecule has 0 amide bonds. The molecule has 1 saturated carbocycles. The summed E-state index contributed by atoms with van der Waals surface area (Å²) >= 11 is 0. The van der Waals surface area contributed by atoms with Crippen molar-refractivity contribution in [2.24, 2.45) is 7.05 Å². The number of sulfonamides is 1. The predicted molar refractivity (Wildman–Crippen MR) is 99.8 cm³/mol. The van der Waals surface area contributed by atoms with Gasteiger partial charge in [-0.25, -0.2) is 22.5 Å². The lowest BCUT2D eigenvalue weighted by Gasteiger charge is -2.08. The second-order valence-electron chi connectivity index (χ2n) is 6.80. The molecule has 1 aliphatic carbocycles. The molecule has 10 heteroatoms. The van der Waals surface area contributed by atoms with Gasteiger partial charge in [0.25, 0.3) is 15.7 Å². The molecule has 1 fully saturated rings. The molecule has 0 atom stereocenters. The summed E-state index contributed by atoms with van der Waals surface area (Å²) in [5.41, 5.74) is 1.51. The Hall–Kier alpha value is -2.85. The zero-order valence-corrected chi connectivity index (χ0v) is 15.7. The van der Waals surface area contributed by atoms with E-state index in [4.69, 9.17) is 0 Å². The number of halogens is 1. The van der Waals surface area contributed by atoms with Crippen molar-refractivity contribution >= 4 is 26.7 Å². The molecule has 8 nitrogen and oxygen atoms in total. The number of aryl methyl sites for hydroxylation is 1. The molecule has 146 valence electrons. The Bertz CT molecular complexity index is 1200. The zero-order chi connectivity index (χ0) is 20.1. The van der Waals surface area contributed by atoms with E-state index in [1.54, 1.807) is 12.1 Å². The minimum absolute atomic E-state index is 0.140. The molecule has 1 aromatic heterocycles. The standard InChI is InChI=1S/C18H17FN4O4S/c1-22-15-8-5-11(9-14(15)21-18(22)12-6-7-12)10-20-28(26,27)17-13(19)3-2-4-16(17)23(24)25/h2-5,8-9,12,20H,6-7,10H2,1H3. The van der Waals surface area contributed by atoms with Gasteiger partial charge in [-0.05, 0) is 36.6 Å². The summed E-state index contributed by atoms with van der Waals surface area (Å²) in [4.78, 5) is 13.8. The number of hydrogen-bond donors (Lipinski definition) is 1. The van der Waals surface area contributed by atoms with E-state index in [-0.39, 0.29) is 6.54 Å². The normalized spacial score (nSPS) is 14.5. The van der Waals surface area contributed by atoms with E-state index in [0.29, 0.717) is 11.5 Å². The van der Waals surface area contributed by atoms with Crippen LogP contribution in [0.1, 0.15) is 30.1 Å². The van der Waals surface area contributed by atoms with Gasteiger partial charge >= 0.3 is 0 Å². The van der Waals surface area contributed by atoms with E-state index in [9.17, 15) is 22.9 Å². The summed E-state index contributed by atoms with van der Waals surface area (Å²) in [6.45, 7) is -0.140. The quantitative estimate of drug-likeness (QED) is 0.502. The van der Waals surface area contributed by atoms with Gasteiger partial charge in [0, 0.05) is 25.6 Å². The molecular formula is C18H17FN4O4S. The Kier molecular flexibility index (Phi) is 4.39. The van der Waals surface area contributed by atoms with Crippen molar-refractivity contribution < 1.29 is 17.7 Å². The maximum absolute atomic E-state index is 14.0. The third-order valence-corrected chi connectivity index (χ3v) is 6.27. The Labute approximate surface area is 160 Å². The molecule has 2 aromatic carbocycles. The maximum Gasteiger partial charge on any atom is 0.292 e. The molecule has 0 radical (unpaired) electrons. The summed E-state index contributed by atoms with van der Waals surface area (Å²) in [5.74, 6) is 0.312. The molecule has 0 unspecified atom stereocenters. The lowest BCUT2D eigenvalue weighted by molar-refractivity contribution is -0.388. The average molecular weight is 404 g/mol. The van der Waals surface area contributed by atoms with Crippen molar-refractivity contribution in [3.8, 4) is 0 Å². The molecule has 0 saturated heterocycles. The smallest absolute Gasteiger partial charge is 0.292 e. The first-order valence-electron chi connectivity index (χ1n) is 8.66. The molecular weight excluding hydrogens is 387 g/mol. The van der Waals surface area contributed by atoms with Crippen LogP contribution in [-0.4, -0.2) is 22.9 Å². The van der Waals surface area contributed by atoms with Crippen molar-refractivity contribution in [1.29, 1.82) is 0 Å². The van der Waals surface area contributed by atoms with Crippen LogP contribution in [0.5, 0.6) is 0 Å². The largest absolute Gasteiger partial charge is 0.331 e. The lowest BCUT2D eigenvalue weighted by atomic mass is 10.2. The Morgan fingerprint density at radius 1 is 1.32 bits per heavy atom. The summed E-state index contributed by atoms with van der Waals surface area (Å²) in [6.07, 6.45) is 2.23. The molecule has 0 bridgehead atoms. The summed E-state index contributed by atoms with van der Waals surface area (Å²) in [6, 6.07) is 8.29. The van der Waals surface area contributed by atoms with Gasteiger partial charge in [0.05, 0.1) is 16.0 Å². The first kappa shape index (κ1) is 18.5. The van der Waals surface area contributed by atoms with Crippen LogP contribution in [0.25, 0.3) is 11.0 Å². The van der Waals surface area contributed by atoms with Gasteiger partial charge in [0.1, 0.15) is 11.6 Å². The predicted octanol–water partition coefficient (Wildman–Crippen LogP) is 2.98. The van der Waals surface area contributed by atoms with E-state index in [0.717, 1.165) is 47.9 Å². The van der Waals surface area contributed by atoms with E-state index >= 15 is 0 Å². The molecule has 28 heavy (non-hydrogen) atoms. The first-order valence-corrected chi connectivity index (χ1v) is 10.1. The fourth-order valence-corrected chi connectivity index (χ4v) is 4.48. The number of hydrogen-bond acceptors (Lipinski definition) is 5. The third-order valence-electron chi connectivity index (χ3n) is 4.80. The molecule has 4 rings (SSSR count). The number of nitro groups is 1. The fraction of sp³-hybridized carbons (Fsp3) is 0.278. The molecule has 1 heterocycles. The van der Waals surface area contributed by atoms with Crippen LogP contribution in [0.4, 0.5) is 10.1 Å². The number of nitrogens with one attached hydrogen (secondary N) is 1. The van der Waals surface area contributed by atoms with Gasteiger partial charge in [-0.1, -0.05) is 12.1 Å². The van der Waals surface area contributed by atoms with Crippen LogP contribution in [-0.2, 0) is 23.6 Å². The highest BCUT2D eigenvalue weighted by molar-refractivity contribution is 7.89. The van der Waals surface area contributed by atoms with Crippen LogP contribution in [0.15, 0.2) is 41.3 Å². The van der Waals surface area contributed by atoms with E-state index in [1.807, 2.05) is 17.7 Å². The van der Waals surface area contributed by atoms with Gasteiger partial charge in [-0.2, -0.15) is 0 Å². The third kappa shape index (κ3) is 3.25. The highest BCUT2D eigenvalue weighted by atomic mass is 32.2. The van der Waals surface area contributed by atoms with Crippen LogP contribution < -0.4 is 4.72 Å². The SMILES string of the molecule is Cn1c(C2CC2)nc2cc(CNS(=O)(=O)c3c(F)cccc3[N+](=O)[O-])ccc21. The van der Waals surface area contributed by atoms with E-state index in [2.05, 4.69) is 9.71 Å². The summed E-state index contributed by atoms with van der Waals surface area (Å²) in [7, 11) is -2.47. The lowest BCUT2D eigenvalue weighted by Crippen LogP contribution is -2.25. The fourth-order valence-electron chi connectivity index (χ4n) is 3.24. The van der Waals surface area contributed by atoms with Crippen LogP contribution in [0.3, 0.4) is 0 Å². The number of benzene rings is 2. The van der Waals surface area contributed by atoms with Gasteiger partial charge in [0.15, 0.2) is 4.90 Å². The highest BCUT2D eigenvalue weighted by Gasteiger charge is 2.30. The minimum atomic E-state index is -4.42. The van der Waals surface area contributed by atoms with Gasteiger partial charge in [-0.15, -0.1) is 0 Å². The minimum Gasteiger partial charge on any atom is -0.331 e. The zero-order valence-electron chi connectivity index (χ0n) is 14.9. The Balaban J connectivity index is 1.61. The molecule has 3 aromatic rings. The van der Waals surface area contributed by atoms with Crippen LogP contribution in [0, 0.1) is 15.9 Å². The highest BCUT2D eigenvalue weighted by Crippen LogP contribution is 2.40. The first-order chi connectivity index (χ1) is 13.3. The maximum atomic E-state index is 14.0. The Morgan fingerprint density at radius 3 is 2.75 bits per heavy atom. The van der Waals surface area contributed by atoms with Crippen molar-refractivity contribution in [3.05, 3.63) is 63.7 Å². The van der Waals surface area contributed by atoms with Crippen molar-refractivity contribution in [3.63, 3.8) is 0 Å². The van der Waals surface area contributed by atoms with Crippen molar-refractivity contribution in [2.75, 3.05) is 0 Å². The summed E-state index contributed by atoms with van der Waals surface area (Å²) < 4.78 is 43.3. The van der Waals surface area contributed by atoms with Crippen molar-refractivity contribution in [1.82, 2.24) is 14.3 Å². The molecule has 0 spiro atoms. The number of imidazole rings is 1. The van der Waals surface area contributed by atoms with E-state index < -0.39 is 31.3 Å². The van der Waals surface area contributed by atoms with Crippen molar-refractivity contribution in [2.45, 2.75) is 30.2 Å². The molecule has 0 aliphatic heterocycles. The second kappa shape index (κ2) is 6.64. The number of aromatic nitrogens is 2. The van der Waals surface area contributed by atoms with Gasteiger partial charge in [0.2, 0.25) is 0 Å². The number of rotatable bonds is 6. The second-order valence-corrected chi connectivity index (χ2v) is 8.50. The number of nitrogens with zero attached hydrogens (tertiary/aromatic N) is 3.